The van der Waals surface area contributed by atoms with Crippen molar-refractivity contribution in [3.05, 3.63) is 66.2 Å². The first-order valence-corrected chi connectivity index (χ1v) is 9.98. The molecule has 0 saturated carbocycles. The Kier molecular flexibility index (Phi) is 5.32. The Bertz CT molecular complexity index is 923. The van der Waals surface area contributed by atoms with Crippen molar-refractivity contribution >= 4 is 21.8 Å². The lowest BCUT2D eigenvalue weighted by Crippen LogP contribution is -2.51. The summed E-state index contributed by atoms with van der Waals surface area (Å²) in [4.78, 5) is 24.8. The molecule has 2 aromatic carbocycles. The second-order valence-corrected chi connectivity index (χ2v) is 8.65. The lowest BCUT2D eigenvalue weighted by atomic mass is 9.86. The minimum Gasteiger partial charge on any atom is -0.469 e. The van der Waals surface area contributed by atoms with Crippen LogP contribution >= 0.6 is 0 Å². The van der Waals surface area contributed by atoms with Crippen LogP contribution in [0.15, 0.2) is 65.6 Å². The summed E-state index contributed by atoms with van der Waals surface area (Å²) in [5.41, 5.74) is 0.672. The highest BCUT2D eigenvalue weighted by Crippen LogP contribution is 2.43. The number of sulfone groups is 1. The van der Waals surface area contributed by atoms with Crippen LogP contribution < -0.4 is 0 Å². The van der Waals surface area contributed by atoms with Gasteiger partial charge in [-0.05, 0) is 17.7 Å². The summed E-state index contributed by atoms with van der Waals surface area (Å²) >= 11 is 0. The molecule has 1 aliphatic rings. The van der Waals surface area contributed by atoms with E-state index in [9.17, 15) is 18.0 Å². The number of hydrogen-bond acceptors (Lipinski definition) is 6. The molecule has 0 unspecified atom stereocenters. The highest BCUT2D eigenvalue weighted by Gasteiger charge is 2.62. The molecule has 0 bridgehead atoms. The maximum absolute atomic E-state index is 13.6. The van der Waals surface area contributed by atoms with E-state index in [4.69, 9.17) is 9.47 Å². The Morgan fingerprint density at radius 3 is 2.30 bits per heavy atom. The predicted octanol–water partition coefficient (Wildman–Crippen LogP) is 2.18. The fourth-order valence-electron chi connectivity index (χ4n) is 3.46. The highest BCUT2D eigenvalue weighted by atomic mass is 32.2. The van der Waals surface area contributed by atoms with E-state index < -0.39 is 32.4 Å². The standard InChI is InChI=1S/C20H20O6S/c1-25-18(21)12-16-14-26-19(22)20(16,13-15-8-4-2-5-9-15)27(23,24)17-10-6-3-7-11-17/h2-11,16H,12-14H2,1H3/t16-,20+/m1/s1. The largest absolute Gasteiger partial charge is 0.469 e. The summed E-state index contributed by atoms with van der Waals surface area (Å²) in [5, 5.41) is 0. The van der Waals surface area contributed by atoms with Crippen LogP contribution in [0.4, 0.5) is 0 Å². The zero-order valence-electron chi connectivity index (χ0n) is 14.8. The van der Waals surface area contributed by atoms with Crippen molar-refractivity contribution in [1.29, 1.82) is 0 Å². The minimum atomic E-state index is -4.13. The number of methoxy groups -OCH3 is 1. The van der Waals surface area contributed by atoms with Crippen molar-refractivity contribution in [2.24, 2.45) is 5.92 Å². The molecule has 142 valence electrons. The van der Waals surface area contributed by atoms with Gasteiger partial charge in [0.2, 0.25) is 0 Å². The summed E-state index contributed by atoms with van der Waals surface area (Å²) in [7, 11) is -2.91. The van der Waals surface area contributed by atoms with Crippen LogP contribution in [0.1, 0.15) is 12.0 Å². The van der Waals surface area contributed by atoms with E-state index in [-0.39, 0.29) is 24.3 Å². The number of hydrogen-bond donors (Lipinski definition) is 0. The molecule has 1 fully saturated rings. The number of ether oxygens (including phenoxy) is 2. The maximum Gasteiger partial charge on any atom is 0.328 e. The molecule has 0 amide bonds. The van der Waals surface area contributed by atoms with Gasteiger partial charge >= 0.3 is 11.9 Å². The Hall–Kier alpha value is -2.67. The molecular formula is C20H20O6S. The van der Waals surface area contributed by atoms with Crippen LogP contribution in [-0.4, -0.2) is 38.8 Å². The van der Waals surface area contributed by atoms with E-state index >= 15 is 0 Å². The molecule has 27 heavy (non-hydrogen) atoms. The van der Waals surface area contributed by atoms with Gasteiger partial charge in [0.25, 0.3) is 0 Å². The molecule has 0 radical (unpaired) electrons. The van der Waals surface area contributed by atoms with Crippen LogP contribution in [0.3, 0.4) is 0 Å². The zero-order valence-corrected chi connectivity index (χ0v) is 15.6. The smallest absolute Gasteiger partial charge is 0.328 e. The van der Waals surface area contributed by atoms with Gasteiger partial charge in [-0.2, -0.15) is 0 Å². The molecule has 0 spiro atoms. The minimum absolute atomic E-state index is 0.0228. The summed E-state index contributed by atoms with van der Waals surface area (Å²) < 4.78 is 35.2. The fraction of sp³-hybridized carbons (Fsp3) is 0.300. The average molecular weight is 388 g/mol. The van der Waals surface area contributed by atoms with E-state index in [0.29, 0.717) is 5.56 Å². The second-order valence-electron chi connectivity index (χ2n) is 6.44. The van der Waals surface area contributed by atoms with E-state index in [2.05, 4.69) is 0 Å². The Balaban J connectivity index is 2.16. The molecule has 1 saturated heterocycles. The van der Waals surface area contributed by atoms with Gasteiger partial charge in [-0.15, -0.1) is 0 Å². The first-order valence-electron chi connectivity index (χ1n) is 8.49. The monoisotopic (exact) mass is 388 g/mol. The van der Waals surface area contributed by atoms with E-state index in [1.165, 1.54) is 19.2 Å². The van der Waals surface area contributed by atoms with Gasteiger partial charge < -0.3 is 9.47 Å². The SMILES string of the molecule is COC(=O)C[C@@H]1COC(=O)[C@@]1(Cc1ccccc1)S(=O)(=O)c1ccccc1. The molecule has 2 aromatic rings. The van der Waals surface area contributed by atoms with Crippen molar-refractivity contribution in [2.45, 2.75) is 22.5 Å². The summed E-state index contributed by atoms with van der Waals surface area (Å²) in [6.07, 6.45) is -0.299. The third-order valence-electron chi connectivity index (χ3n) is 4.90. The van der Waals surface area contributed by atoms with Crippen LogP contribution in [0.5, 0.6) is 0 Å². The van der Waals surface area contributed by atoms with Crippen LogP contribution in [0, 0.1) is 5.92 Å². The number of rotatable bonds is 6. The van der Waals surface area contributed by atoms with Crippen molar-refractivity contribution in [2.75, 3.05) is 13.7 Å². The van der Waals surface area contributed by atoms with Gasteiger partial charge in [0.1, 0.15) is 0 Å². The fourth-order valence-corrected chi connectivity index (χ4v) is 5.62. The molecular weight excluding hydrogens is 368 g/mol. The first-order chi connectivity index (χ1) is 12.9. The van der Waals surface area contributed by atoms with Gasteiger partial charge in [0.05, 0.1) is 25.0 Å². The van der Waals surface area contributed by atoms with Crippen LogP contribution in [-0.2, 0) is 35.3 Å². The van der Waals surface area contributed by atoms with E-state index in [0.717, 1.165) is 0 Å². The zero-order chi connectivity index (χ0) is 19.5. The number of carbonyl (C=O) groups excluding carboxylic acids is 2. The molecule has 3 rings (SSSR count). The quantitative estimate of drug-likeness (QED) is 0.705. The maximum atomic E-state index is 13.6. The van der Waals surface area contributed by atoms with E-state index in [1.807, 2.05) is 0 Å². The Morgan fingerprint density at radius 1 is 1.11 bits per heavy atom. The van der Waals surface area contributed by atoms with Gasteiger partial charge in [-0.25, -0.2) is 8.42 Å². The van der Waals surface area contributed by atoms with Crippen LogP contribution in [0.2, 0.25) is 0 Å². The predicted molar refractivity (Wildman–Crippen MR) is 97.6 cm³/mol. The lowest BCUT2D eigenvalue weighted by Gasteiger charge is -2.30. The van der Waals surface area contributed by atoms with E-state index in [1.54, 1.807) is 48.5 Å². The van der Waals surface area contributed by atoms with Crippen molar-refractivity contribution < 1.29 is 27.5 Å². The average Bonchev–Trinajstić information content (AvgIpc) is 3.00. The second kappa shape index (κ2) is 7.52. The molecule has 0 N–H and O–H groups in total. The Labute approximate surface area is 158 Å². The molecule has 0 aliphatic carbocycles. The summed E-state index contributed by atoms with van der Waals surface area (Å²) in [5.74, 6) is -2.26. The van der Waals surface area contributed by atoms with Crippen molar-refractivity contribution in [3.63, 3.8) is 0 Å². The van der Waals surface area contributed by atoms with Gasteiger partial charge in [-0.1, -0.05) is 48.5 Å². The topological polar surface area (TPSA) is 86.7 Å². The molecule has 0 aromatic heterocycles. The lowest BCUT2D eigenvalue weighted by molar-refractivity contribution is -0.142. The molecule has 2 atom stereocenters. The number of benzene rings is 2. The number of esters is 2. The highest BCUT2D eigenvalue weighted by molar-refractivity contribution is 7.93. The third kappa shape index (κ3) is 3.35. The van der Waals surface area contributed by atoms with Gasteiger partial charge in [0.15, 0.2) is 14.6 Å². The molecule has 1 heterocycles. The van der Waals surface area contributed by atoms with Gasteiger partial charge in [0, 0.05) is 12.3 Å². The number of cyclic esters (lactones) is 1. The van der Waals surface area contributed by atoms with Crippen molar-refractivity contribution in [1.82, 2.24) is 0 Å². The normalized spacial score (nSPS) is 22.3. The number of carbonyl (C=O) groups is 2. The van der Waals surface area contributed by atoms with Crippen molar-refractivity contribution in [3.8, 4) is 0 Å². The van der Waals surface area contributed by atoms with Crippen LogP contribution in [0.25, 0.3) is 0 Å². The third-order valence-corrected chi connectivity index (χ3v) is 7.40. The summed E-state index contributed by atoms with van der Waals surface area (Å²) in [6.45, 7) is -0.146. The molecule has 7 heteroatoms. The van der Waals surface area contributed by atoms with Gasteiger partial charge in [-0.3, -0.25) is 9.59 Å². The molecule has 6 nitrogen and oxygen atoms in total. The molecule has 1 aliphatic heterocycles. The summed E-state index contributed by atoms with van der Waals surface area (Å²) in [6, 6.07) is 16.6. The Morgan fingerprint density at radius 2 is 1.70 bits per heavy atom. The first kappa shape index (κ1) is 19.1.